The second-order valence-corrected chi connectivity index (χ2v) is 3.23. The van der Waals surface area contributed by atoms with Gasteiger partial charge in [0.05, 0.1) is 6.07 Å². The number of nitriles is 1. The SMILES string of the molecule is COC1(C(C#N)N=C=O)CCCC1. The summed E-state index contributed by atoms with van der Waals surface area (Å²) in [5, 5.41) is 8.81. The fourth-order valence-electron chi connectivity index (χ4n) is 1.88. The van der Waals surface area contributed by atoms with Crippen LogP contribution in [-0.2, 0) is 9.53 Å². The molecule has 1 saturated carbocycles. The smallest absolute Gasteiger partial charge is 0.236 e. The Morgan fingerprint density at radius 2 is 2.15 bits per heavy atom. The van der Waals surface area contributed by atoms with Crippen LogP contribution >= 0.6 is 0 Å². The molecule has 4 nitrogen and oxygen atoms in total. The minimum absolute atomic E-state index is 0.536. The van der Waals surface area contributed by atoms with Gasteiger partial charge in [-0.1, -0.05) is 12.8 Å². The monoisotopic (exact) mass is 180 g/mol. The van der Waals surface area contributed by atoms with Gasteiger partial charge in [-0.2, -0.15) is 10.3 Å². The summed E-state index contributed by atoms with van der Waals surface area (Å²) >= 11 is 0. The van der Waals surface area contributed by atoms with E-state index >= 15 is 0 Å². The molecule has 0 aromatic heterocycles. The molecule has 1 rings (SSSR count). The largest absolute Gasteiger partial charge is 0.375 e. The molecule has 0 saturated heterocycles. The van der Waals surface area contributed by atoms with Crippen LogP contribution in [0.4, 0.5) is 0 Å². The van der Waals surface area contributed by atoms with Gasteiger partial charge in [-0.05, 0) is 12.8 Å². The summed E-state index contributed by atoms with van der Waals surface area (Å²) in [4.78, 5) is 13.6. The summed E-state index contributed by atoms with van der Waals surface area (Å²) in [6, 6.07) is 1.29. The first-order chi connectivity index (χ1) is 6.29. The van der Waals surface area contributed by atoms with Crippen molar-refractivity contribution in [2.24, 2.45) is 4.99 Å². The lowest BCUT2D eigenvalue weighted by molar-refractivity contribution is -0.0117. The van der Waals surface area contributed by atoms with Crippen LogP contribution in [0.5, 0.6) is 0 Å². The van der Waals surface area contributed by atoms with Crippen LogP contribution in [0.3, 0.4) is 0 Å². The van der Waals surface area contributed by atoms with Crippen molar-refractivity contribution in [2.45, 2.75) is 37.3 Å². The predicted octanol–water partition coefficient (Wildman–Crippen LogP) is 1.17. The van der Waals surface area contributed by atoms with Crippen LogP contribution in [-0.4, -0.2) is 24.8 Å². The molecule has 0 aromatic rings. The molecule has 0 heterocycles. The van der Waals surface area contributed by atoms with E-state index in [0.29, 0.717) is 0 Å². The molecule has 4 heteroatoms. The third-order valence-electron chi connectivity index (χ3n) is 2.66. The second kappa shape index (κ2) is 4.18. The zero-order valence-corrected chi connectivity index (χ0v) is 7.62. The van der Waals surface area contributed by atoms with Gasteiger partial charge in [0, 0.05) is 7.11 Å². The van der Waals surface area contributed by atoms with Crippen molar-refractivity contribution in [3.63, 3.8) is 0 Å². The lowest BCUT2D eigenvalue weighted by atomic mass is 9.93. The average molecular weight is 180 g/mol. The number of hydrogen-bond donors (Lipinski definition) is 0. The summed E-state index contributed by atoms with van der Waals surface area (Å²) in [5.74, 6) is 0. The summed E-state index contributed by atoms with van der Waals surface area (Å²) in [6.07, 6.45) is 5.08. The molecule has 1 aliphatic rings. The predicted molar refractivity (Wildman–Crippen MR) is 45.7 cm³/mol. The molecule has 1 fully saturated rings. The minimum atomic E-state index is -0.697. The molecule has 0 bridgehead atoms. The first kappa shape index (κ1) is 9.91. The Labute approximate surface area is 77.2 Å². The highest BCUT2D eigenvalue weighted by Crippen LogP contribution is 2.36. The zero-order chi connectivity index (χ0) is 9.73. The number of rotatable bonds is 3. The van der Waals surface area contributed by atoms with E-state index in [0.717, 1.165) is 25.7 Å². The third kappa shape index (κ3) is 1.77. The van der Waals surface area contributed by atoms with E-state index in [1.807, 2.05) is 6.07 Å². The Morgan fingerprint density at radius 1 is 1.54 bits per heavy atom. The van der Waals surface area contributed by atoms with E-state index in [9.17, 15) is 4.79 Å². The van der Waals surface area contributed by atoms with E-state index in [-0.39, 0.29) is 0 Å². The molecule has 0 aliphatic heterocycles. The van der Waals surface area contributed by atoms with Crippen molar-refractivity contribution in [1.29, 1.82) is 5.26 Å². The maximum absolute atomic E-state index is 10.1. The average Bonchev–Trinajstić information content (AvgIpc) is 2.63. The number of hydrogen-bond acceptors (Lipinski definition) is 4. The van der Waals surface area contributed by atoms with E-state index in [1.54, 1.807) is 7.11 Å². The van der Waals surface area contributed by atoms with Crippen LogP contribution in [0, 0.1) is 11.3 Å². The lowest BCUT2D eigenvalue weighted by Gasteiger charge is -2.28. The van der Waals surface area contributed by atoms with Crippen molar-refractivity contribution < 1.29 is 9.53 Å². The van der Waals surface area contributed by atoms with Crippen molar-refractivity contribution in [3.8, 4) is 6.07 Å². The molecule has 1 atom stereocenters. The fraction of sp³-hybridized carbons (Fsp3) is 0.778. The Bertz CT molecular complexity index is 257. The summed E-state index contributed by atoms with van der Waals surface area (Å²) in [6.45, 7) is 0. The van der Waals surface area contributed by atoms with Gasteiger partial charge in [-0.3, -0.25) is 0 Å². The number of isocyanates is 1. The number of methoxy groups -OCH3 is 1. The third-order valence-corrected chi connectivity index (χ3v) is 2.66. The molecule has 0 spiro atoms. The van der Waals surface area contributed by atoms with Gasteiger partial charge in [0.15, 0.2) is 6.04 Å². The fourth-order valence-corrected chi connectivity index (χ4v) is 1.88. The molecule has 0 radical (unpaired) electrons. The Kier molecular flexibility index (Phi) is 3.18. The minimum Gasteiger partial charge on any atom is -0.375 e. The van der Waals surface area contributed by atoms with Crippen LogP contribution in [0.15, 0.2) is 4.99 Å². The molecule has 1 aliphatic carbocycles. The van der Waals surface area contributed by atoms with Crippen molar-refractivity contribution in [3.05, 3.63) is 0 Å². The highest BCUT2D eigenvalue weighted by Gasteiger charge is 2.42. The van der Waals surface area contributed by atoms with Gasteiger partial charge in [0.25, 0.3) is 0 Å². The van der Waals surface area contributed by atoms with Crippen LogP contribution < -0.4 is 0 Å². The molecule has 1 unspecified atom stereocenters. The molecule has 70 valence electrons. The summed E-state index contributed by atoms with van der Waals surface area (Å²) < 4.78 is 5.31. The molecule has 0 aromatic carbocycles. The normalized spacial score (nSPS) is 21.5. The maximum atomic E-state index is 10.1. The Hall–Kier alpha value is -1.17. The van der Waals surface area contributed by atoms with E-state index < -0.39 is 11.6 Å². The summed E-state index contributed by atoms with van der Waals surface area (Å²) in [5.41, 5.74) is -0.536. The topological polar surface area (TPSA) is 62.4 Å². The van der Waals surface area contributed by atoms with Crippen molar-refractivity contribution in [2.75, 3.05) is 7.11 Å². The molecule has 13 heavy (non-hydrogen) atoms. The van der Waals surface area contributed by atoms with Gasteiger partial charge in [-0.25, -0.2) is 4.79 Å². The maximum Gasteiger partial charge on any atom is 0.236 e. The highest BCUT2D eigenvalue weighted by atomic mass is 16.5. The second-order valence-electron chi connectivity index (χ2n) is 3.23. The zero-order valence-electron chi connectivity index (χ0n) is 7.62. The van der Waals surface area contributed by atoms with Crippen LogP contribution in [0.1, 0.15) is 25.7 Å². The quantitative estimate of drug-likeness (QED) is 0.483. The molecular formula is C9H12N2O2. The Balaban J connectivity index is 2.85. The van der Waals surface area contributed by atoms with Crippen molar-refractivity contribution in [1.82, 2.24) is 0 Å². The summed E-state index contributed by atoms with van der Waals surface area (Å²) in [7, 11) is 1.57. The highest BCUT2D eigenvalue weighted by molar-refractivity contribution is 5.35. The van der Waals surface area contributed by atoms with E-state index in [1.165, 1.54) is 6.08 Å². The van der Waals surface area contributed by atoms with Gasteiger partial charge in [0.1, 0.15) is 5.60 Å². The number of ether oxygens (including phenoxy) is 1. The Morgan fingerprint density at radius 3 is 2.54 bits per heavy atom. The van der Waals surface area contributed by atoms with Gasteiger partial charge >= 0.3 is 0 Å². The first-order valence-corrected chi connectivity index (χ1v) is 4.31. The molecule has 0 amide bonds. The number of nitrogens with zero attached hydrogens (tertiary/aromatic N) is 2. The first-order valence-electron chi connectivity index (χ1n) is 4.31. The molecular weight excluding hydrogens is 168 g/mol. The number of carbonyl (C=O) groups excluding carboxylic acids is 1. The standard InChI is InChI=1S/C9H12N2O2/c1-13-9(4-2-3-5-9)8(6-10)11-7-12/h8H,2-5H2,1H3. The van der Waals surface area contributed by atoms with Crippen molar-refractivity contribution >= 4 is 6.08 Å². The molecule has 0 N–H and O–H groups in total. The number of aliphatic imine (C=N–C) groups is 1. The lowest BCUT2D eigenvalue weighted by Crippen LogP contribution is -2.39. The van der Waals surface area contributed by atoms with Gasteiger partial charge < -0.3 is 4.74 Å². The van der Waals surface area contributed by atoms with E-state index in [4.69, 9.17) is 10.00 Å². The van der Waals surface area contributed by atoms with Crippen LogP contribution in [0.2, 0.25) is 0 Å². The van der Waals surface area contributed by atoms with Gasteiger partial charge in [0.2, 0.25) is 6.08 Å². The van der Waals surface area contributed by atoms with Crippen LogP contribution in [0.25, 0.3) is 0 Å². The van der Waals surface area contributed by atoms with E-state index in [2.05, 4.69) is 4.99 Å². The van der Waals surface area contributed by atoms with Gasteiger partial charge in [-0.15, -0.1) is 0 Å².